The molecule has 0 aromatic carbocycles. The van der Waals surface area contributed by atoms with Crippen LogP contribution in [0.4, 0.5) is 17.3 Å². The summed E-state index contributed by atoms with van der Waals surface area (Å²) < 4.78 is 0. The van der Waals surface area contributed by atoms with Crippen LogP contribution in [0, 0.1) is 10.1 Å². The van der Waals surface area contributed by atoms with Gasteiger partial charge in [0.15, 0.2) is 0 Å². The quantitative estimate of drug-likeness (QED) is 0.419. The first kappa shape index (κ1) is 14.5. The van der Waals surface area contributed by atoms with Crippen LogP contribution in [0.2, 0.25) is 0 Å². The summed E-state index contributed by atoms with van der Waals surface area (Å²) in [6, 6.07) is 2.96. The van der Waals surface area contributed by atoms with Crippen molar-refractivity contribution in [2.45, 2.75) is 31.7 Å². The first-order valence-electron chi connectivity index (χ1n) is 6.67. The Balaban J connectivity index is 2.39. The number of piperidine rings is 1. The number of nitrogen functional groups attached to an aromatic ring is 1. The molecule has 1 aliphatic rings. The van der Waals surface area contributed by atoms with E-state index in [1.807, 2.05) is 4.90 Å². The number of nitrogens with zero attached hydrogens (tertiary/aromatic N) is 3. The van der Waals surface area contributed by atoms with Crippen LogP contribution in [0.3, 0.4) is 0 Å². The lowest BCUT2D eigenvalue weighted by Crippen LogP contribution is -2.41. The molecule has 0 bridgehead atoms. The van der Waals surface area contributed by atoms with Crippen LogP contribution < -0.4 is 16.2 Å². The number of nitrogens with one attached hydrogen (secondary N) is 1. The minimum absolute atomic E-state index is 0.0335. The third-order valence-electron chi connectivity index (χ3n) is 3.56. The maximum Gasteiger partial charge on any atom is 0.311 e. The molecular formula is C12H19N5O3. The Kier molecular flexibility index (Phi) is 4.70. The summed E-state index contributed by atoms with van der Waals surface area (Å²) in [4.78, 5) is 16.9. The number of hydrazine groups is 1. The van der Waals surface area contributed by atoms with E-state index in [4.69, 9.17) is 10.9 Å². The van der Waals surface area contributed by atoms with Crippen LogP contribution in [0.15, 0.2) is 12.1 Å². The molecule has 8 heteroatoms. The number of aliphatic hydroxyl groups excluding tert-OH is 1. The van der Waals surface area contributed by atoms with Crippen LogP contribution >= 0.6 is 0 Å². The van der Waals surface area contributed by atoms with Gasteiger partial charge in [-0.05, 0) is 31.7 Å². The highest BCUT2D eigenvalue weighted by Gasteiger charge is 2.29. The second kappa shape index (κ2) is 6.49. The van der Waals surface area contributed by atoms with E-state index in [0.29, 0.717) is 24.6 Å². The first-order chi connectivity index (χ1) is 9.67. The standard InChI is InChI=1S/C12H19N5O3/c13-15-11-5-4-10(17(19)20)12(14-11)16-7-2-1-3-9(16)6-8-18/h4-5,9,18H,1-3,6-8,13H2,(H,14,15). The normalized spacial score (nSPS) is 18.9. The molecule has 1 aromatic rings. The van der Waals surface area contributed by atoms with Crippen molar-refractivity contribution in [1.82, 2.24) is 4.98 Å². The molecule has 1 aliphatic heterocycles. The fourth-order valence-electron chi connectivity index (χ4n) is 2.60. The Bertz CT molecular complexity index is 480. The molecule has 2 rings (SSSR count). The van der Waals surface area contributed by atoms with Gasteiger partial charge in [0.05, 0.1) is 4.92 Å². The zero-order valence-corrected chi connectivity index (χ0v) is 11.2. The molecule has 8 nitrogen and oxygen atoms in total. The van der Waals surface area contributed by atoms with E-state index in [-0.39, 0.29) is 18.3 Å². The highest BCUT2D eigenvalue weighted by molar-refractivity contribution is 5.62. The molecule has 20 heavy (non-hydrogen) atoms. The maximum atomic E-state index is 11.2. The lowest BCUT2D eigenvalue weighted by atomic mass is 9.99. The minimum atomic E-state index is -0.437. The highest BCUT2D eigenvalue weighted by atomic mass is 16.6. The molecule has 0 radical (unpaired) electrons. The average molecular weight is 281 g/mol. The van der Waals surface area contributed by atoms with Crippen LogP contribution in [0.1, 0.15) is 25.7 Å². The summed E-state index contributed by atoms with van der Waals surface area (Å²) in [7, 11) is 0. The molecule has 0 spiro atoms. The Hall–Kier alpha value is -1.93. The lowest BCUT2D eigenvalue weighted by molar-refractivity contribution is -0.384. The molecule has 1 aromatic heterocycles. The zero-order valence-electron chi connectivity index (χ0n) is 11.2. The number of nitro groups is 1. The SMILES string of the molecule is NNc1ccc([N+](=O)[O-])c(N2CCCCC2CCO)n1. The molecule has 0 amide bonds. The van der Waals surface area contributed by atoms with Crippen molar-refractivity contribution < 1.29 is 10.0 Å². The van der Waals surface area contributed by atoms with Crippen LogP contribution in [0.25, 0.3) is 0 Å². The van der Waals surface area contributed by atoms with Crippen molar-refractivity contribution in [2.24, 2.45) is 5.84 Å². The second-order valence-corrected chi connectivity index (χ2v) is 4.80. The molecule has 2 heterocycles. The number of aromatic nitrogens is 1. The summed E-state index contributed by atoms with van der Waals surface area (Å²) in [5.41, 5.74) is 2.38. The maximum absolute atomic E-state index is 11.2. The van der Waals surface area contributed by atoms with Gasteiger partial charge in [-0.15, -0.1) is 0 Å². The van der Waals surface area contributed by atoms with Gasteiger partial charge in [0.25, 0.3) is 0 Å². The van der Waals surface area contributed by atoms with Crippen LogP contribution in [-0.2, 0) is 0 Å². The molecule has 0 saturated carbocycles. The van der Waals surface area contributed by atoms with E-state index in [2.05, 4.69) is 10.4 Å². The number of hydrogen-bond donors (Lipinski definition) is 3. The largest absolute Gasteiger partial charge is 0.396 e. The van der Waals surface area contributed by atoms with Crippen LogP contribution in [0.5, 0.6) is 0 Å². The predicted molar refractivity (Wildman–Crippen MR) is 75.4 cm³/mol. The molecule has 0 aliphatic carbocycles. The van der Waals surface area contributed by atoms with Crippen LogP contribution in [-0.4, -0.2) is 34.2 Å². The summed E-state index contributed by atoms with van der Waals surface area (Å²) >= 11 is 0. The molecular weight excluding hydrogens is 262 g/mol. The van der Waals surface area contributed by atoms with Crippen molar-refractivity contribution in [1.29, 1.82) is 0 Å². The Labute approximate surface area is 116 Å². The Morgan fingerprint density at radius 1 is 1.55 bits per heavy atom. The predicted octanol–water partition coefficient (Wildman–Crippen LogP) is 1.02. The second-order valence-electron chi connectivity index (χ2n) is 4.80. The Morgan fingerprint density at radius 2 is 2.35 bits per heavy atom. The van der Waals surface area contributed by atoms with Gasteiger partial charge in [-0.2, -0.15) is 0 Å². The van der Waals surface area contributed by atoms with E-state index in [0.717, 1.165) is 19.3 Å². The lowest BCUT2D eigenvalue weighted by Gasteiger charge is -2.36. The van der Waals surface area contributed by atoms with Gasteiger partial charge >= 0.3 is 5.69 Å². The number of anilines is 2. The highest BCUT2D eigenvalue weighted by Crippen LogP contribution is 2.33. The molecule has 1 atom stereocenters. The zero-order chi connectivity index (χ0) is 14.5. The van der Waals surface area contributed by atoms with Gasteiger partial charge in [0.1, 0.15) is 5.82 Å². The summed E-state index contributed by atoms with van der Waals surface area (Å²) in [5, 5.41) is 20.3. The first-order valence-corrected chi connectivity index (χ1v) is 6.67. The van der Waals surface area contributed by atoms with Gasteiger partial charge in [0.2, 0.25) is 5.82 Å². The molecule has 1 saturated heterocycles. The molecule has 110 valence electrons. The summed E-state index contributed by atoms with van der Waals surface area (Å²) in [5.74, 6) is 6.04. The van der Waals surface area contributed by atoms with E-state index in [9.17, 15) is 10.1 Å². The number of rotatable bonds is 5. The Morgan fingerprint density at radius 3 is 3.00 bits per heavy atom. The number of nitrogens with two attached hydrogens (primary N) is 1. The number of aliphatic hydroxyl groups is 1. The van der Waals surface area contributed by atoms with Gasteiger partial charge in [-0.25, -0.2) is 10.8 Å². The number of pyridine rings is 1. The average Bonchev–Trinajstić information content (AvgIpc) is 2.47. The van der Waals surface area contributed by atoms with Gasteiger partial charge in [-0.1, -0.05) is 0 Å². The van der Waals surface area contributed by atoms with E-state index in [1.165, 1.54) is 12.1 Å². The van der Waals surface area contributed by atoms with Crippen molar-refractivity contribution in [2.75, 3.05) is 23.5 Å². The molecule has 4 N–H and O–H groups in total. The van der Waals surface area contributed by atoms with E-state index in [1.54, 1.807) is 0 Å². The summed E-state index contributed by atoms with van der Waals surface area (Å²) in [6.45, 7) is 0.760. The third-order valence-corrected chi connectivity index (χ3v) is 3.56. The van der Waals surface area contributed by atoms with Gasteiger partial charge < -0.3 is 15.4 Å². The fourth-order valence-corrected chi connectivity index (χ4v) is 2.60. The summed E-state index contributed by atoms with van der Waals surface area (Å²) in [6.07, 6.45) is 3.50. The smallest absolute Gasteiger partial charge is 0.311 e. The van der Waals surface area contributed by atoms with Crippen molar-refractivity contribution in [3.05, 3.63) is 22.2 Å². The van der Waals surface area contributed by atoms with Gasteiger partial charge in [0, 0.05) is 25.3 Å². The third kappa shape index (κ3) is 2.97. The molecule has 1 unspecified atom stereocenters. The van der Waals surface area contributed by atoms with Crippen molar-refractivity contribution in [3.8, 4) is 0 Å². The van der Waals surface area contributed by atoms with Gasteiger partial charge in [-0.3, -0.25) is 10.1 Å². The fraction of sp³-hybridized carbons (Fsp3) is 0.583. The molecule has 1 fully saturated rings. The topological polar surface area (TPSA) is 118 Å². The minimum Gasteiger partial charge on any atom is -0.396 e. The van der Waals surface area contributed by atoms with E-state index >= 15 is 0 Å². The monoisotopic (exact) mass is 281 g/mol. The number of hydrogen-bond acceptors (Lipinski definition) is 7. The van der Waals surface area contributed by atoms with Crippen molar-refractivity contribution in [3.63, 3.8) is 0 Å². The van der Waals surface area contributed by atoms with Crippen molar-refractivity contribution >= 4 is 17.3 Å². The van der Waals surface area contributed by atoms with E-state index < -0.39 is 4.92 Å².